The van der Waals surface area contributed by atoms with Crippen molar-refractivity contribution in [2.75, 3.05) is 30.7 Å². The van der Waals surface area contributed by atoms with Gasteiger partial charge in [0.25, 0.3) is 0 Å². The number of nitrogen functional groups attached to an aromatic ring is 1. The standard InChI is InChI=1S/C25H31N3O3/c26-22-8-2-3-9-23(22)27-24(29)15-12-19-10-13-20(14-11-19)21(25(30)31)7-6-18-28-16-4-1-5-17-28/h2-3,8-15,21H,1,4-7,16-18,26H2,(H,27,29)(H,30,31). The number of carboxylic acid groups (broad SMARTS) is 1. The molecule has 1 fully saturated rings. The molecule has 0 bridgehead atoms. The molecule has 0 aromatic heterocycles. The number of hydrogen-bond donors (Lipinski definition) is 3. The Balaban J connectivity index is 1.54. The van der Waals surface area contributed by atoms with Crippen molar-refractivity contribution in [3.63, 3.8) is 0 Å². The number of nitrogens with one attached hydrogen (secondary N) is 1. The van der Waals surface area contributed by atoms with Crippen molar-refractivity contribution in [2.24, 2.45) is 0 Å². The second-order valence-corrected chi connectivity index (χ2v) is 8.01. The molecule has 2 aromatic carbocycles. The van der Waals surface area contributed by atoms with E-state index in [2.05, 4.69) is 10.2 Å². The Hall–Kier alpha value is -3.12. The molecule has 1 unspecified atom stereocenters. The molecular weight excluding hydrogens is 390 g/mol. The summed E-state index contributed by atoms with van der Waals surface area (Å²) < 4.78 is 0. The number of benzene rings is 2. The molecule has 31 heavy (non-hydrogen) atoms. The lowest BCUT2D eigenvalue weighted by Gasteiger charge is -2.26. The summed E-state index contributed by atoms with van der Waals surface area (Å²) in [7, 11) is 0. The molecule has 1 atom stereocenters. The number of para-hydroxylation sites is 2. The normalized spacial score (nSPS) is 15.6. The molecule has 0 radical (unpaired) electrons. The predicted molar refractivity (Wildman–Crippen MR) is 125 cm³/mol. The molecule has 0 saturated carbocycles. The largest absolute Gasteiger partial charge is 0.481 e. The lowest BCUT2D eigenvalue weighted by molar-refractivity contribution is -0.139. The molecule has 1 saturated heterocycles. The summed E-state index contributed by atoms with van der Waals surface area (Å²) in [6.07, 6.45) is 8.43. The van der Waals surface area contributed by atoms with Gasteiger partial charge >= 0.3 is 5.97 Å². The number of hydrogen-bond acceptors (Lipinski definition) is 4. The monoisotopic (exact) mass is 421 g/mol. The van der Waals surface area contributed by atoms with Crippen molar-refractivity contribution in [3.05, 3.63) is 65.7 Å². The Morgan fingerprint density at radius 1 is 1.06 bits per heavy atom. The SMILES string of the molecule is Nc1ccccc1NC(=O)C=Cc1ccc(C(CCCN2CCCCC2)C(=O)O)cc1. The van der Waals surface area contributed by atoms with E-state index in [9.17, 15) is 14.7 Å². The number of carbonyl (C=O) groups is 2. The molecule has 4 N–H and O–H groups in total. The number of piperidine rings is 1. The van der Waals surface area contributed by atoms with E-state index in [1.807, 2.05) is 24.3 Å². The van der Waals surface area contributed by atoms with E-state index < -0.39 is 11.9 Å². The predicted octanol–water partition coefficient (Wildman–Crippen LogP) is 4.36. The first-order chi connectivity index (χ1) is 15.0. The molecule has 6 heteroatoms. The summed E-state index contributed by atoms with van der Waals surface area (Å²) in [6, 6.07) is 14.4. The van der Waals surface area contributed by atoms with E-state index in [0.29, 0.717) is 17.8 Å². The molecule has 1 amide bonds. The maximum atomic E-state index is 12.1. The fourth-order valence-corrected chi connectivity index (χ4v) is 3.93. The van der Waals surface area contributed by atoms with Crippen LogP contribution in [0.25, 0.3) is 6.08 Å². The maximum Gasteiger partial charge on any atom is 0.310 e. The number of nitrogens with two attached hydrogens (primary N) is 1. The van der Waals surface area contributed by atoms with Gasteiger partial charge in [0.1, 0.15) is 0 Å². The summed E-state index contributed by atoms with van der Waals surface area (Å²) in [5, 5.41) is 12.4. The average molecular weight is 422 g/mol. The topological polar surface area (TPSA) is 95.7 Å². The van der Waals surface area contributed by atoms with Crippen LogP contribution in [0.1, 0.15) is 49.1 Å². The Morgan fingerprint density at radius 3 is 2.45 bits per heavy atom. The van der Waals surface area contributed by atoms with Gasteiger partial charge < -0.3 is 21.1 Å². The van der Waals surface area contributed by atoms with Crippen LogP contribution >= 0.6 is 0 Å². The highest BCUT2D eigenvalue weighted by Gasteiger charge is 2.20. The summed E-state index contributed by atoms with van der Waals surface area (Å²) >= 11 is 0. The first kappa shape index (κ1) is 22.6. The number of carboxylic acids is 1. The molecule has 164 valence electrons. The number of amides is 1. The number of rotatable bonds is 9. The second kappa shape index (κ2) is 11.3. The van der Waals surface area contributed by atoms with Crippen LogP contribution in [0.15, 0.2) is 54.6 Å². The molecule has 3 rings (SSSR count). The van der Waals surface area contributed by atoms with E-state index in [-0.39, 0.29) is 5.91 Å². The van der Waals surface area contributed by atoms with Crippen LogP contribution in [-0.2, 0) is 9.59 Å². The zero-order chi connectivity index (χ0) is 22.1. The minimum atomic E-state index is -0.790. The molecule has 1 heterocycles. The number of likely N-dealkylation sites (tertiary alicyclic amines) is 1. The van der Waals surface area contributed by atoms with Crippen LogP contribution in [0.2, 0.25) is 0 Å². The van der Waals surface area contributed by atoms with Crippen molar-refractivity contribution >= 4 is 29.3 Å². The van der Waals surface area contributed by atoms with Crippen LogP contribution < -0.4 is 11.1 Å². The molecule has 1 aliphatic heterocycles. The Kier molecular flexibility index (Phi) is 8.24. The Morgan fingerprint density at radius 2 is 1.77 bits per heavy atom. The lowest BCUT2D eigenvalue weighted by Crippen LogP contribution is -2.31. The molecule has 6 nitrogen and oxygen atoms in total. The Bertz CT molecular complexity index is 902. The number of aliphatic carboxylic acids is 1. The van der Waals surface area contributed by atoms with Crippen molar-refractivity contribution in [1.29, 1.82) is 0 Å². The van der Waals surface area contributed by atoms with Crippen LogP contribution in [0.3, 0.4) is 0 Å². The van der Waals surface area contributed by atoms with Crippen LogP contribution in [0, 0.1) is 0 Å². The van der Waals surface area contributed by atoms with Gasteiger partial charge in [-0.15, -0.1) is 0 Å². The zero-order valence-electron chi connectivity index (χ0n) is 17.8. The quantitative estimate of drug-likeness (QED) is 0.413. The van der Waals surface area contributed by atoms with Crippen molar-refractivity contribution < 1.29 is 14.7 Å². The summed E-state index contributed by atoms with van der Waals surface area (Å²) in [5.41, 5.74) is 8.54. The van der Waals surface area contributed by atoms with E-state index in [0.717, 1.165) is 37.2 Å². The highest BCUT2D eigenvalue weighted by atomic mass is 16.4. The van der Waals surface area contributed by atoms with E-state index >= 15 is 0 Å². The first-order valence-corrected chi connectivity index (χ1v) is 10.9. The highest BCUT2D eigenvalue weighted by Crippen LogP contribution is 2.23. The lowest BCUT2D eigenvalue weighted by atomic mass is 9.93. The van der Waals surface area contributed by atoms with Gasteiger partial charge in [-0.2, -0.15) is 0 Å². The van der Waals surface area contributed by atoms with Gasteiger partial charge in [0.2, 0.25) is 5.91 Å². The number of carbonyl (C=O) groups excluding carboxylic acids is 1. The fraction of sp³-hybridized carbons (Fsp3) is 0.360. The molecule has 1 aliphatic rings. The first-order valence-electron chi connectivity index (χ1n) is 10.9. The third-order valence-electron chi connectivity index (χ3n) is 5.70. The Labute approximate surface area is 183 Å². The van der Waals surface area contributed by atoms with Crippen molar-refractivity contribution in [2.45, 2.75) is 38.0 Å². The smallest absolute Gasteiger partial charge is 0.310 e. The summed E-state index contributed by atoms with van der Waals surface area (Å²) in [5.74, 6) is -1.57. The van der Waals surface area contributed by atoms with Crippen molar-refractivity contribution in [3.8, 4) is 0 Å². The zero-order valence-corrected chi connectivity index (χ0v) is 17.8. The highest BCUT2D eigenvalue weighted by molar-refractivity contribution is 6.03. The fourth-order valence-electron chi connectivity index (χ4n) is 3.93. The van der Waals surface area contributed by atoms with Gasteiger partial charge in [0.05, 0.1) is 17.3 Å². The molecular formula is C25H31N3O3. The van der Waals surface area contributed by atoms with E-state index in [1.165, 1.54) is 25.3 Å². The third kappa shape index (κ3) is 6.96. The molecule has 2 aromatic rings. The van der Waals surface area contributed by atoms with Crippen LogP contribution in [0.4, 0.5) is 11.4 Å². The molecule has 0 aliphatic carbocycles. The van der Waals surface area contributed by atoms with Gasteiger partial charge in [-0.25, -0.2) is 0 Å². The van der Waals surface area contributed by atoms with Crippen LogP contribution in [0.5, 0.6) is 0 Å². The van der Waals surface area contributed by atoms with Gasteiger partial charge in [-0.3, -0.25) is 9.59 Å². The average Bonchev–Trinajstić information content (AvgIpc) is 2.78. The van der Waals surface area contributed by atoms with Crippen LogP contribution in [-0.4, -0.2) is 41.5 Å². The van der Waals surface area contributed by atoms with Gasteiger partial charge in [0.15, 0.2) is 0 Å². The second-order valence-electron chi connectivity index (χ2n) is 8.01. The third-order valence-corrected chi connectivity index (χ3v) is 5.70. The summed E-state index contributed by atoms with van der Waals surface area (Å²) in [6.45, 7) is 3.22. The van der Waals surface area contributed by atoms with Gasteiger partial charge in [0, 0.05) is 6.08 Å². The summed E-state index contributed by atoms with van der Waals surface area (Å²) in [4.78, 5) is 26.3. The van der Waals surface area contributed by atoms with Crippen molar-refractivity contribution in [1.82, 2.24) is 4.90 Å². The minimum absolute atomic E-state index is 0.275. The molecule has 0 spiro atoms. The minimum Gasteiger partial charge on any atom is -0.481 e. The maximum absolute atomic E-state index is 12.1. The van der Waals surface area contributed by atoms with Gasteiger partial charge in [-0.1, -0.05) is 42.8 Å². The van der Waals surface area contributed by atoms with E-state index in [4.69, 9.17) is 5.73 Å². The number of nitrogens with zero attached hydrogens (tertiary/aromatic N) is 1. The van der Waals surface area contributed by atoms with Gasteiger partial charge in [-0.05, 0) is 74.7 Å². The van der Waals surface area contributed by atoms with E-state index in [1.54, 1.807) is 30.3 Å². The number of anilines is 2.